The summed E-state index contributed by atoms with van der Waals surface area (Å²) in [5.74, 6) is -0.0483. The van der Waals surface area contributed by atoms with E-state index in [4.69, 9.17) is 14.2 Å². The molecule has 0 aromatic rings. The zero-order chi connectivity index (χ0) is 31.8. The highest BCUT2D eigenvalue weighted by molar-refractivity contribution is 5.77. The van der Waals surface area contributed by atoms with Gasteiger partial charge in [0.2, 0.25) is 17.7 Å². The average Bonchev–Trinajstić information content (AvgIpc) is 3.38. The van der Waals surface area contributed by atoms with E-state index in [9.17, 15) is 34.8 Å². The SMILES string of the molecule is CC(=O)NC1C(OCCCCCC(=O)NCCCCCC(=O)N2C[C@H](O/C=C\C(C)C)C[C@H]2CO)OC(CO)C(O)C1O. The normalized spacial score (nSPS) is 27.5. The lowest BCUT2D eigenvalue weighted by molar-refractivity contribution is -0.270. The zero-order valence-corrected chi connectivity index (χ0v) is 25.9. The molecule has 248 valence electrons. The highest BCUT2D eigenvalue weighted by Crippen LogP contribution is 2.23. The minimum atomic E-state index is -1.36. The highest BCUT2D eigenvalue weighted by Gasteiger charge is 2.45. The van der Waals surface area contributed by atoms with E-state index in [-0.39, 0.29) is 37.2 Å². The number of carbonyl (C=O) groups is 3. The van der Waals surface area contributed by atoms with Crippen LogP contribution in [0.5, 0.6) is 0 Å². The van der Waals surface area contributed by atoms with Crippen LogP contribution in [0.2, 0.25) is 0 Å². The summed E-state index contributed by atoms with van der Waals surface area (Å²) >= 11 is 0. The molecule has 7 atom stereocenters. The third kappa shape index (κ3) is 13.1. The third-order valence-electron chi connectivity index (χ3n) is 7.61. The molecular formula is C30H53N3O10. The number of hydrogen-bond donors (Lipinski definition) is 6. The van der Waals surface area contributed by atoms with E-state index in [0.717, 1.165) is 12.8 Å². The van der Waals surface area contributed by atoms with Gasteiger partial charge in [0.25, 0.3) is 0 Å². The van der Waals surface area contributed by atoms with Gasteiger partial charge in [-0.3, -0.25) is 14.4 Å². The smallest absolute Gasteiger partial charge is 0.223 e. The van der Waals surface area contributed by atoms with Crippen LogP contribution in [-0.4, -0.2) is 119 Å². The maximum atomic E-state index is 12.7. The first-order chi connectivity index (χ1) is 20.6. The number of likely N-dealkylation sites (tertiary alicyclic amines) is 1. The summed E-state index contributed by atoms with van der Waals surface area (Å²) in [5.41, 5.74) is 0. The molecule has 43 heavy (non-hydrogen) atoms. The molecule has 0 saturated carbocycles. The van der Waals surface area contributed by atoms with Crippen molar-refractivity contribution in [3.05, 3.63) is 12.3 Å². The van der Waals surface area contributed by atoms with E-state index in [1.165, 1.54) is 6.92 Å². The van der Waals surface area contributed by atoms with Crippen molar-refractivity contribution >= 4 is 17.7 Å². The molecule has 2 rings (SSSR count). The van der Waals surface area contributed by atoms with E-state index in [0.29, 0.717) is 64.0 Å². The van der Waals surface area contributed by atoms with Gasteiger partial charge >= 0.3 is 0 Å². The van der Waals surface area contributed by atoms with E-state index in [1.54, 1.807) is 11.2 Å². The van der Waals surface area contributed by atoms with Crippen LogP contribution >= 0.6 is 0 Å². The molecule has 2 aliphatic heterocycles. The number of allylic oxidation sites excluding steroid dienone is 1. The number of nitrogens with one attached hydrogen (secondary N) is 2. The zero-order valence-electron chi connectivity index (χ0n) is 25.9. The Labute approximate surface area is 254 Å². The van der Waals surface area contributed by atoms with E-state index >= 15 is 0 Å². The second-order valence-corrected chi connectivity index (χ2v) is 11.7. The van der Waals surface area contributed by atoms with Crippen LogP contribution in [0.4, 0.5) is 0 Å². The fourth-order valence-corrected chi connectivity index (χ4v) is 5.18. The number of amides is 3. The number of unbranched alkanes of at least 4 members (excludes halogenated alkanes) is 4. The number of aliphatic hydroxyl groups excluding tert-OH is 4. The first-order valence-corrected chi connectivity index (χ1v) is 15.6. The standard InChI is InChI=1S/C30H53N3O10/c1-20(2)12-15-41-23-16-22(18-34)33(17-23)26(38)11-7-4-8-13-31-25(37)10-6-5-9-14-42-30-27(32-21(3)36)29(40)28(39)24(19-35)43-30/h12,15,20,22-24,27-30,34-35,39-40H,4-11,13-14,16-19H2,1-3H3,(H,31,37)(H,32,36)/b15-12-/t22-,23+,24?,27?,28?,29?,30?/m0/s1. The minimum absolute atomic E-state index is 0.0219. The van der Waals surface area contributed by atoms with Crippen molar-refractivity contribution in [2.24, 2.45) is 5.92 Å². The largest absolute Gasteiger partial charge is 0.496 e. The van der Waals surface area contributed by atoms with Gasteiger partial charge in [0.15, 0.2) is 6.29 Å². The first kappa shape index (κ1) is 36.9. The molecule has 0 bridgehead atoms. The van der Waals surface area contributed by atoms with Crippen molar-refractivity contribution in [2.45, 2.75) is 121 Å². The van der Waals surface area contributed by atoms with Gasteiger partial charge in [-0.15, -0.1) is 0 Å². The van der Waals surface area contributed by atoms with E-state index in [2.05, 4.69) is 24.5 Å². The predicted octanol–water partition coefficient (Wildman–Crippen LogP) is 0.332. The molecule has 6 N–H and O–H groups in total. The maximum absolute atomic E-state index is 12.7. The van der Waals surface area contributed by atoms with Gasteiger partial charge in [-0.1, -0.05) is 26.7 Å². The van der Waals surface area contributed by atoms with Gasteiger partial charge in [-0.05, 0) is 37.7 Å². The Hall–Kier alpha value is -2.29. The van der Waals surface area contributed by atoms with Gasteiger partial charge in [0, 0.05) is 39.3 Å². The summed E-state index contributed by atoms with van der Waals surface area (Å²) in [5, 5.41) is 44.8. The summed E-state index contributed by atoms with van der Waals surface area (Å²) in [7, 11) is 0. The van der Waals surface area contributed by atoms with Gasteiger partial charge < -0.3 is 50.2 Å². The third-order valence-corrected chi connectivity index (χ3v) is 7.61. The molecule has 2 saturated heterocycles. The molecule has 0 aromatic carbocycles. The predicted molar refractivity (Wildman–Crippen MR) is 157 cm³/mol. The molecular weight excluding hydrogens is 562 g/mol. The van der Waals surface area contributed by atoms with Crippen molar-refractivity contribution in [1.29, 1.82) is 0 Å². The summed E-state index contributed by atoms with van der Waals surface area (Å²) in [4.78, 5) is 38.1. The van der Waals surface area contributed by atoms with Crippen molar-refractivity contribution < 1.29 is 49.0 Å². The summed E-state index contributed by atoms with van der Waals surface area (Å²) in [6.07, 6.45) is 4.48. The van der Waals surface area contributed by atoms with E-state index in [1.807, 2.05) is 6.08 Å². The van der Waals surface area contributed by atoms with Gasteiger partial charge in [-0.25, -0.2) is 0 Å². The second-order valence-electron chi connectivity index (χ2n) is 11.7. The second kappa shape index (κ2) is 19.9. The Balaban J connectivity index is 1.53. The van der Waals surface area contributed by atoms with Gasteiger partial charge in [-0.2, -0.15) is 0 Å². The first-order valence-electron chi connectivity index (χ1n) is 15.6. The quantitative estimate of drug-likeness (QED) is 0.0873. The molecule has 0 aromatic heterocycles. The molecule has 3 amide bonds. The molecule has 13 heteroatoms. The molecule has 2 aliphatic rings. The lowest BCUT2D eigenvalue weighted by Crippen LogP contribution is -2.64. The lowest BCUT2D eigenvalue weighted by atomic mass is 9.97. The Bertz CT molecular complexity index is 873. The molecule has 2 fully saturated rings. The van der Waals surface area contributed by atoms with Crippen LogP contribution in [0.3, 0.4) is 0 Å². The lowest BCUT2D eigenvalue weighted by Gasteiger charge is -2.42. The number of aliphatic hydroxyl groups is 4. The number of ether oxygens (including phenoxy) is 3. The van der Waals surface area contributed by atoms with Crippen LogP contribution in [-0.2, 0) is 28.6 Å². The van der Waals surface area contributed by atoms with Crippen molar-refractivity contribution in [1.82, 2.24) is 15.5 Å². The summed E-state index contributed by atoms with van der Waals surface area (Å²) < 4.78 is 16.9. The van der Waals surface area contributed by atoms with E-state index < -0.39 is 43.2 Å². The van der Waals surface area contributed by atoms with Crippen LogP contribution in [0.25, 0.3) is 0 Å². The molecule has 5 unspecified atom stereocenters. The molecule has 0 radical (unpaired) electrons. The van der Waals surface area contributed by atoms with Crippen molar-refractivity contribution in [3.8, 4) is 0 Å². The Morgan fingerprint density at radius 3 is 2.40 bits per heavy atom. The van der Waals surface area contributed by atoms with Gasteiger partial charge in [0.1, 0.15) is 30.5 Å². The minimum Gasteiger partial charge on any atom is -0.496 e. The van der Waals surface area contributed by atoms with Crippen molar-refractivity contribution in [3.63, 3.8) is 0 Å². The molecule has 0 aliphatic carbocycles. The Morgan fingerprint density at radius 1 is 1.00 bits per heavy atom. The fraction of sp³-hybridized carbons (Fsp3) is 0.833. The topological polar surface area (TPSA) is 187 Å². The highest BCUT2D eigenvalue weighted by atomic mass is 16.7. The number of nitrogens with zero attached hydrogens (tertiary/aromatic N) is 1. The van der Waals surface area contributed by atoms with Crippen LogP contribution in [0.15, 0.2) is 12.3 Å². The van der Waals surface area contributed by atoms with Crippen LogP contribution in [0.1, 0.15) is 78.6 Å². The van der Waals surface area contributed by atoms with Crippen LogP contribution < -0.4 is 10.6 Å². The maximum Gasteiger partial charge on any atom is 0.223 e. The molecule has 0 spiro atoms. The van der Waals surface area contributed by atoms with Gasteiger partial charge in [0.05, 0.1) is 32.1 Å². The number of rotatable bonds is 19. The summed E-state index contributed by atoms with van der Waals surface area (Å²) in [6, 6.07) is -1.18. The molecule has 2 heterocycles. The summed E-state index contributed by atoms with van der Waals surface area (Å²) in [6.45, 7) is 6.10. The average molecular weight is 616 g/mol. The number of carbonyl (C=O) groups excluding carboxylic acids is 3. The molecule has 13 nitrogen and oxygen atoms in total. The number of hydrogen-bond acceptors (Lipinski definition) is 10. The van der Waals surface area contributed by atoms with Crippen LogP contribution in [0, 0.1) is 5.92 Å². The van der Waals surface area contributed by atoms with Crippen molar-refractivity contribution in [2.75, 3.05) is 32.9 Å². The Morgan fingerprint density at radius 2 is 1.72 bits per heavy atom. The fourth-order valence-electron chi connectivity index (χ4n) is 5.18. The Kier molecular flexibility index (Phi) is 17.1. The monoisotopic (exact) mass is 615 g/mol.